The van der Waals surface area contributed by atoms with Gasteiger partial charge >= 0.3 is 0 Å². The number of rotatable bonds is 3. The van der Waals surface area contributed by atoms with Crippen LogP contribution in [0.3, 0.4) is 0 Å². The van der Waals surface area contributed by atoms with Gasteiger partial charge < -0.3 is 10.6 Å². The van der Waals surface area contributed by atoms with Gasteiger partial charge in [-0.05, 0) is 32.0 Å². The van der Waals surface area contributed by atoms with E-state index >= 15 is 0 Å². The lowest BCUT2D eigenvalue weighted by Crippen LogP contribution is -2.31. The van der Waals surface area contributed by atoms with Crippen LogP contribution in [0.15, 0.2) is 18.2 Å². The molecule has 2 N–H and O–H groups in total. The van der Waals surface area contributed by atoms with E-state index < -0.39 is 4.32 Å². The number of carbonyl (C=O) groups excluding carboxylic acids is 2. The zero-order valence-electron chi connectivity index (χ0n) is 10.3. The molecule has 1 aromatic rings. The van der Waals surface area contributed by atoms with Crippen LogP contribution in [0, 0.1) is 0 Å². The van der Waals surface area contributed by atoms with Crippen molar-refractivity contribution in [2.24, 2.45) is 0 Å². The van der Waals surface area contributed by atoms with Crippen molar-refractivity contribution >= 4 is 45.0 Å². The number of carbonyl (C=O) groups is 2. The van der Waals surface area contributed by atoms with Gasteiger partial charge in [0.15, 0.2) is 0 Å². The Hall–Kier alpha value is -1.07. The standard InChI is InChI=1S/C12H14BrClN2O2/c1-12(2,13)11(18)16-7-4-5-9(14)8(6-7)10(17)15-3/h4-6H,1-3H3,(H,15,17)(H,16,18). The number of hydrogen-bond donors (Lipinski definition) is 2. The molecule has 0 saturated heterocycles. The van der Waals surface area contributed by atoms with Gasteiger partial charge in [-0.2, -0.15) is 0 Å². The summed E-state index contributed by atoms with van der Waals surface area (Å²) in [4.78, 5) is 23.3. The van der Waals surface area contributed by atoms with E-state index in [2.05, 4.69) is 26.6 Å². The topological polar surface area (TPSA) is 58.2 Å². The highest BCUT2D eigenvalue weighted by molar-refractivity contribution is 9.10. The molecule has 2 amide bonds. The second-order valence-electron chi connectivity index (χ2n) is 4.20. The molecule has 4 nitrogen and oxygen atoms in total. The third-order valence-electron chi connectivity index (χ3n) is 2.24. The van der Waals surface area contributed by atoms with Crippen LogP contribution in [0.4, 0.5) is 5.69 Å². The van der Waals surface area contributed by atoms with Gasteiger partial charge in [-0.15, -0.1) is 0 Å². The van der Waals surface area contributed by atoms with Crippen molar-refractivity contribution in [2.75, 3.05) is 12.4 Å². The molecule has 6 heteroatoms. The van der Waals surface area contributed by atoms with Crippen LogP contribution >= 0.6 is 27.5 Å². The van der Waals surface area contributed by atoms with E-state index in [-0.39, 0.29) is 11.8 Å². The number of halogens is 2. The second kappa shape index (κ2) is 5.71. The van der Waals surface area contributed by atoms with Crippen LogP contribution in [0.5, 0.6) is 0 Å². The van der Waals surface area contributed by atoms with Crippen molar-refractivity contribution in [3.05, 3.63) is 28.8 Å². The summed E-state index contributed by atoms with van der Waals surface area (Å²) in [6.45, 7) is 3.47. The van der Waals surface area contributed by atoms with E-state index in [9.17, 15) is 9.59 Å². The number of benzene rings is 1. The Labute approximate surface area is 119 Å². The van der Waals surface area contributed by atoms with Crippen LogP contribution in [-0.2, 0) is 4.79 Å². The van der Waals surface area contributed by atoms with Gasteiger partial charge in [0.05, 0.1) is 14.9 Å². The minimum absolute atomic E-state index is 0.201. The first-order chi connectivity index (χ1) is 8.25. The molecule has 0 heterocycles. The number of anilines is 1. The van der Waals surface area contributed by atoms with Gasteiger partial charge in [0.25, 0.3) is 5.91 Å². The largest absolute Gasteiger partial charge is 0.355 e. The number of amides is 2. The van der Waals surface area contributed by atoms with Crippen LogP contribution in [-0.4, -0.2) is 23.2 Å². The molecular formula is C12H14BrClN2O2. The minimum Gasteiger partial charge on any atom is -0.355 e. The molecule has 98 valence electrons. The Kier molecular flexibility index (Phi) is 4.76. The van der Waals surface area contributed by atoms with Crippen molar-refractivity contribution in [1.82, 2.24) is 5.32 Å². The normalized spacial score (nSPS) is 10.9. The van der Waals surface area contributed by atoms with Gasteiger partial charge in [0, 0.05) is 12.7 Å². The maximum atomic E-state index is 11.8. The fourth-order valence-corrected chi connectivity index (χ4v) is 1.49. The second-order valence-corrected chi connectivity index (χ2v) is 6.59. The molecule has 0 aliphatic heterocycles. The molecule has 0 saturated carbocycles. The van der Waals surface area contributed by atoms with E-state index in [0.717, 1.165) is 0 Å². The van der Waals surface area contributed by atoms with Crippen LogP contribution in [0.2, 0.25) is 5.02 Å². The molecule has 0 aliphatic rings. The third kappa shape index (κ3) is 3.71. The molecular weight excluding hydrogens is 320 g/mol. The summed E-state index contributed by atoms with van der Waals surface area (Å²) in [6.07, 6.45) is 0. The SMILES string of the molecule is CNC(=O)c1cc(NC(=O)C(C)(C)Br)ccc1Cl. The smallest absolute Gasteiger partial charge is 0.252 e. The van der Waals surface area contributed by atoms with E-state index in [4.69, 9.17) is 11.6 Å². The molecule has 0 bridgehead atoms. The summed E-state index contributed by atoms with van der Waals surface area (Å²) < 4.78 is -0.681. The van der Waals surface area contributed by atoms with Crippen molar-refractivity contribution < 1.29 is 9.59 Å². The van der Waals surface area contributed by atoms with E-state index in [1.165, 1.54) is 13.1 Å². The molecule has 0 spiro atoms. The number of alkyl halides is 1. The highest BCUT2D eigenvalue weighted by Crippen LogP contribution is 2.23. The Morgan fingerprint density at radius 3 is 2.44 bits per heavy atom. The average molecular weight is 334 g/mol. The van der Waals surface area contributed by atoms with Gasteiger partial charge in [0.2, 0.25) is 5.91 Å². The fraction of sp³-hybridized carbons (Fsp3) is 0.333. The zero-order chi connectivity index (χ0) is 13.9. The summed E-state index contributed by atoms with van der Waals surface area (Å²) in [6, 6.07) is 4.76. The van der Waals surface area contributed by atoms with Crippen molar-refractivity contribution in [3.8, 4) is 0 Å². The van der Waals surface area contributed by atoms with Crippen LogP contribution < -0.4 is 10.6 Å². The summed E-state index contributed by atoms with van der Waals surface area (Å²) in [5, 5.41) is 5.53. The summed E-state index contributed by atoms with van der Waals surface area (Å²) in [5.74, 6) is -0.498. The number of nitrogens with one attached hydrogen (secondary N) is 2. The first-order valence-electron chi connectivity index (χ1n) is 5.27. The van der Waals surface area contributed by atoms with Crippen molar-refractivity contribution in [1.29, 1.82) is 0 Å². The summed E-state index contributed by atoms with van der Waals surface area (Å²) in [5.41, 5.74) is 0.847. The van der Waals surface area contributed by atoms with Gasteiger partial charge in [-0.3, -0.25) is 9.59 Å². The zero-order valence-corrected chi connectivity index (χ0v) is 12.6. The minimum atomic E-state index is -0.681. The summed E-state index contributed by atoms with van der Waals surface area (Å²) >= 11 is 9.17. The highest BCUT2D eigenvalue weighted by atomic mass is 79.9. The lowest BCUT2D eigenvalue weighted by Gasteiger charge is -2.16. The highest BCUT2D eigenvalue weighted by Gasteiger charge is 2.23. The molecule has 1 aromatic carbocycles. The molecule has 1 rings (SSSR count). The first kappa shape index (κ1) is 15.0. The van der Waals surface area contributed by atoms with E-state index in [0.29, 0.717) is 16.3 Å². The third-order valence-corrected chi connectivity index (χ3v) is 2.93. The molecule has 0 aliphatic carbocycles. The van der Waals surface area contributed by atoms with Gasteiger partial charge in [-0.1, -0.05) is 27.5 Å². The Bertz CT molecular complexity index is 483. The monoisotopic (exact) mass is 332 g/mol. The molecule has 0 aromatic heterocycles. The van der Waals surface area contributed by atoms with Gasteiger partial charge in [0.1, 0.15) is 0 Å². The first-order valence-corrected chi connectivity index (χ1v) is 6.45. The molecule has 0 unspecified atom stereocenters. The molecule has 0 fully saturated rings. The molecule has 18 heavy (non-hydrogen) atoms. The average Bonchev–Trinajstić information content (AvgIpc) is 2.29. The lowest BCUT2D eigenvalue weighted by atomic mass is 10.1. The predicted octanol–water partition coefficient (Wildman–Crippen LogP) is 2.81. The maximum absolute atomic E-state index is 11.8. The van der Waals surface area contributed by atoms with Crippen molar-refractivity contribution in [2.45, 2.75) is 18.2 Å². The Balaban J connectivity index is 2.99. The van der Waals surface area contributed by atoms with Crippen LogP contribution in [0.25, 0.3) is 0 Å². The summed E-state index contributed by atoms with van der Waals surface area (Å²) in [7, 11) is 1.52. The predicted molar refractivity (Wildman–Crippen MR) is 76.5 cm³/mol. The molecule has 0 atom stereocenters. The quantitative estimate of drug-likeness (QED) is 0.836. The Morgan fingerprint density at radius 2 is 1.94 bits per heavy atom. The van der Waals surface area contributed by atoms with Gasteiger partial charge in [-0.25, -0.2) is 0 Å². The maximum Gasteiger partial charge on any atom is 0.252 e. The van der Waals surface area contributed by atoms with Crippen molar-refractivity contribution in [3.63, 3.8) is 0 Å². The Morgan fingerprint density at radius 1 is 1.33 bits per heavy atom. The van der Waals surface area contributed by atoms with E-state index in [1.807, 2.05) is 0 Å². The van der Waals surface area contributed by atoms with E-state index in [1.54, 1.807) is 26.0 Å². The fourth-order valence-electron chi connectivity index (χ4n) is 1.19. The lowest BCUT2D eigenvalue weighted by molar-refractivity contribution is -0.117. The number of hydrogen-bond acceptors (Lipinski definition) is 2. The molecule has 0 radical (unpaired) electrons. The van der Waals surface area contributed by atoms with Crippen LogP contribution in [0.1, 0.15) is 24.2 Å².